The van der Waals surface area contributed by atoms with Crippen molar-refractivity contribution in [1.29, 1.82) is 0 Å². The minimum Gasteiger partial charge on any atom is -0.493 e. The molecule has 142 valence electrons. The first kappa shape index (κ1) is 18.2. The highest BCUT2D eigenvalue weighted by atomic mass is 32.1. The monoisotopic (exact) mass is 396 g/mol. The van der Waals surface area contributed by atoms with Crippen molar-refractivity contribution in [3.05, 3.63) is 71.2 Å². The zero-order valence-corrected chi connectivity index (χ0v) is 15.9. The number of nitrogens with zero attached hydrogens (tertiary/aromatic N) is 1. The molecule has 0 unspecified atom stereocenters. The molecule has 28 heavy (non-hydrogen) atoms. The number of ether oxygens (including phenoxy) is 1. The molecule has 0 aliphatic carbocycles. The largest absolute Gasteiger partial charge is 0.493 e. The van der Waals surface area contributed by atoms with Gasteiger partial charge in [0.25, 0.3) is 5.91 Å². The third-order valence-electron chi connectivity index (χ3n) is 4.26. The van der Waals surface area contributed by atoms with Gasteiger partial charge < -0.3 is 14.5 Å². The molecule has 1 amide bonds. The number of para-hydroxylation sites is 1. The van der Waals surface area contributed by atoms with Gasteiger partial charge in [0.2, 0.25) is 0 Å². The summed E-state index contributed by atoms with van der Waals surface area (Å²) in [5.41, 5.74) is 2.30. The number of thiazole rings is 1. The smallest absolute Gasteiger partial charge is 0.287 e. The van der Waals surface area contributed by atoms with Crippen molar-refractivity contribution < 1.29 is 18.3 Å². The van der Waals surface area contributed by atoms with E-state index in [1.165, 1.54) is 23.5 Å². The van der Waals surface area contributed by atoms with Crippen LogP contribution >= 0.6 is 11.3 Å². The molecule has 7 heteroatoms. The van der Waals surface area contributed by atoms with Crippen LogP contribution in [0.15, 0.2) is 58.3 Å². The Balaban J connectivity index is 1.37. The fraction of sp³-hybridized carbons (Fsp3) is 0.143. The van der Waals surface area contributed by atoms with Crippen LogP contribution in [0, 0.1) is 5.82 Å². The van der Waals surface area contributed by atoms with Gasteiger partial charge in [0.05, 0.1) is 12.8 Å². The lowest BCUT2D eigenvalue weighted by atomic mass is 10.2. The fourth-order valence-corrected chi connectivity index (χ4v) is 3.71. The average Bonchev–Trinajstić information content (AvgIpc) is 3.35. The Hall–Kier alpha value is -3.19. The molecule has 0 spiro atoms. The number of aromatic nitrogens is 1. The van der Waals surface area contributed by atoms with E-state index in [0.29, 0.717) is 24.3 Å². The fourth-order valence-electron chi connectivity index (χ4n) is 2.85. The summed E-state index contributed by atoms with van der Waals surface area (Å²) in [5, 5.41) is 6.42. The second-order valence-corrected chi connectivity index (χ2v) is 7.00. The lowest BCUT2D eigenvalue weighted by molar-refractivity contribution is 0.0928. The average molecular weight is 396 g/mol. The molecule has 0 aliphatic rings. The van der Waals surface area contributed by atoms with Crippen LogP contribution < -0.4 is 10.1 Å². The van der Waals surface area contributed by atoms with E-state index in [4.69, 9.17) is 9.15 Å². The number of benzene rings is 2. The van der Waals surface area contributed by atoms with Crippen molar-refractivity contribution >= 4 is 28.2 Å². The molecule has 0 saturated carbocycles. The van der Waals surface area contributed by atoms with Gasteiger partial charge in [0.1, 0.15) is 10.8 Å². The third kappa shape index (κ3) is 3.75. The van der Waals surface area contributed by atoms with Crippen LogP contribution in [-0.2, 0) is 6.42 Å². The summed E-state index contributed by atoms with van der Waals surface area (Å²) >= 11 is 1.49. The molecule has 4 aromatic rings. The van der Waals surface area contributed by atoms with Gasteiger partial charge in [-0.3, -0.25) is 4.79 Å². The van der Waals surface area contributed by atoms with Crippen LogP contribution in [-0.4, -0.2) is 24.5 Å². The maximum absolute atomic E-state index is 13.0. The van der Waals surface area contributed by atoms with Crippen molar-refractivity contribution in [2.45, 2.75) is 6.42 Å². The van der Waals surface area contributed by atoms with E-state index in [2.05, 4.69) is 10.3 Å². The topological polar surface area (TPSA) is 64.4 Å². The summed E-state index contributed by atoms with van der Waals surface area (Å²) in [4.78, 5) is 16.9. The Morgan fingerprint density at radius 3 is 2.86 bits per heavy atom. The van der Waals surface area contributed by atoms with Gasteiger partial charge in [0.15, 0.2) is 17.1 Å². The molecule has 4 rings (SSSR count). The second kappa shape index (κ2) is 7.82. The number of halogens is 1. The Bertz CT molecular complexity index is 1120. The standard InChI is InChI=1S/C21H17FN2O3S/c1-26-17-4-2-3-14-11-18(27-19(14)17)20(25)23-10-9-16-12-28-21(24-16)13-5-7-15(22)8-6-13/h2-8,11-12H,9-10H2,1H3,(H,23,25). The maximum atomic E-state index is 13.0. The normalized spacial score (nSPS) is 10.9. The van der Waals surface area contributed by atoms with Crippen LogP contribution in [0.1, 0.15) is 16.2 Å². The SMILES string of the molecule is COc1cccc2cc(C(=O)NCCc3csc(-c4ccc(F)cc4)n3)oc12. The molecule has 0 aliphatic heterocycles. The lowest BCUT2D eigenvalue weighted by Gasteiger charge is -2.01. The molecule has 2 aromatic heterocycles. The zero-order chi connectivity index (χ0) is 19.5. The molecule has 2 heterocycles. The van der Waals surface area contributed by atoms with Gasteiger partial charge in [-0.15, -0.1) is 11.3 Å². The van der Waals surface area contributed by atoms with Crippen LogP contribution in [0.3, 0.4) is 0 Å². The highest BCUT2D eigenvalue weighted by Crippen LogP contribution is 2.28. The Labute approximate surface area is 164 Å². The molecular formula is C21H17FN2O3S. The van der Waals surface area contributed by atoms with Gasteiger partial charge in [-0.05, 0) is 36.4 Å². The summed E-state index contributed by atoms with van der Waals surface area (Å²) in [6, 6.07) is 13.4. The summed E-state index contributed by atoms with van der Waals surface area (Å²) in [6.45, 7) is 0.430. The van der Waals surface area contributed by atoms with E-state index in [-0.39, 0.29) is 17.5 Å². The second-order valence-electron chi connectivity index (χ2n) is 6.15. The molecule has 0 radical (unpaired) electrons. The summed E-state index contributed by atoms with van der Waals surface area (Å²) < 4.78 is 23.9. The van der Waals surface area contributed by atoms with Crippen LogP contribution in [0.4, 0.5) is 4.39 Å². The van der Waals surface area contributed by atoms with Gasteiger partial charge in [-0.25, -0.2) is 9.37 Å². The number of carbonyl (C=O) groups excluding carboxylic acids is 1. The highest BCUT2D eigenvalue weighted by molar-refractivity contribution is 7.13. The zero-order valence-electron chi connectivity index (χ0n) is 15.1. The molecule has 0 atom stereocenters. The van der Waals surface area contributed by atoms with Crippen molar-refractivity contribution in [1.82, 2.24) is 10.3 Å². The number of hydrogen-bond acceptors (Lipinski definition) is 5. The lowest BCUT2D eigenvalue weighted by Crippen LogP contribution is -2.25. The first-order valence-corrected chi connectivity index (χ1v) is 9.57. The number of hydrogen-bond donors (Lipinski definition) is 1. The minimum atomic E-state index is -0.285. The van der Waals surface area contributed by atoms with E-state index in [1.54, 1.807) is 31.4 Å². The summed E-state index contributed by atoms with van der Waals surface area (Å²) in [5.74, 6) is 0.274. The van der Waals surface area contributed by atoms with Crippen LogP contribution in [0.25, 0.3) is 21.5 Å². The molecule has 0 saturated heterocycles. The van der Waals surface area contributed by atoms with E-state index >= 15 is 0 Å². The van der Waals surface area contributed by atoms with E-state index in [1.807, 2.05) is 17.5 Å². The Morgan fingerprint density at radius 1 is 1.25 bits per heavy atom. The van der Waals surface area contributed by atoms with Crippen molar-refractivity contribution in [2.24, 2.45) is 0 Å². The molecule has 1 N–H and O–H groups in total. The number of furan rings is 1. The minimum absolute atomic E-state index is 0.241. The van der Waals surface area contributed by atoms with Crippen molar-refractivity contribution in [2.75, 3.05) is 13.7 Å². The first-order chi connectivity index (χ1) is 13.6. The van der Waals surface area contributed by atoms with Crippen molar-refractivity contribution in [3.8, 4) is 16.3 Å². The first-order valence-electron chi connectivity index (χ1n) is 8.69. The van der Waals surface area contributed by atoms with Crippen molar-refractivity contribution in [3.63, 3.8) is 0 Å². The predicted octanol–water partition coefficient (Wildman–Crippen LogP) is 4.68. The number of rotatable bonds is 6. The summed E-state index contributed by atoms with van der Waals surface area (Å²) in [7, 11) is 1.56. The third-order valence-corrected chi connectivity index (χ3v) is 5.20. The Kier molecular flexibility index (Phi) is 5.08. The van der Waals surface area contributed by atoms with E-state index in [0.717, 1.165) is 21.7 Å². The van der Waals surface area contributed by atoms with E-state index in [9.17, 15) is 9.18 Å². The summed E-state index contributed by atoms with van der Waals surface area (Å²) in [6.07, 6.45) is 0.590. The van der Waals surface area contributed by atoms with Gasteiger partial charge in [-0.2, -0.15) is 0 Å². The number of nitrogens with one attached hydrogen (secondary N) is 1. The van der Waals surface area contributed by atoms with Gasteiger partial charge in [0, 0.05) is 29.3 Å². The number of amides is 1. The maximum Gasteiger partial charge on any atom is 0.287 e. The number of carbonyl (C=O) groups is 1. The highest BCUT2D eigenvalue weighted by Gasteiger charge is 2.14. The molecule has 0 fully saturated rings. The number of fused-ring (bicyclic) bond motifs is 1. The molecule has 2 aromatic carbocycles. The number of methoxy groups -OCH3 is 1. The van der Waals surface area contributed by atoms with Gasteiger partial charge in [-0.1, -0.05) is 12.1 Å². The van der Waals surface area contributed by atoms with Crippen LogP contribution in [0.5, 0.6) is 5.75 Å². The van der Waals surface area contributed by atoms with Gasteiger partial charge >= 0.3 is 0 Å². The molecular weight excluding hydrogens is 379 g/mol. The molecule has 0 bridgehead atoms. The van der Waals surface area contributed by atoms with Crippen LogP contribution in [0.2, 0.25) is 0 Å². The van der Waals surface area contributed by atoms with E-state index < -0.39 is 0 Å². The predicted molar refractivity (Wildman–Crippen MR) is 106 cm³/mol. The quantitative estimate of drug-likeness (QED) is 0.514. The Morgan fingerprint density at radius 2 is 2.07 bits per heavy atom. The molecule has 5 nitrogen and oxygen atoms in total.